The lowest BCUT2D eigenvalue weighted by molar-refractivity contribution is 0.0949. The molecule has 0 aliphatic rings. The highest BCUT2D eigenvalue weighted by molar-refractivity contribution is 7.10. The van der Waals surface area contributed by atoms with E-state index >= 15 is 0 Å². The Kier molecular flexibility index (Phi) is 4.63. The Hall–Kier alpha value is -2.01. The molecule has 0 unspecified atom stereocenters. The Morgan fingerprint density at radius 3 is 2.90 bits per heavy atom. The number of methoxy groups -OCH3 is 1. The summed E-state index contributed by atoms with van der Waals surface area (Å²) in [5.74, 6) is 0.278. The molecule has 2 rings (SSSR count). The Morgan fingerprint density at radius 2 is 2.20 bits per heavy atom. The molecule has 4 nitrogen and oxygen atoms in total. The minimum atomic E-state index is -0.213. The molecule has 2 aromatic rings. The molecule has 1 aromatic carbocycles. The molecule has 1 aromatic heterocycles. The number of ether oxygens (including phenoxy) is 1. The lowest BCUT2D eigenvalue weighted by Gasteiger charge is -2.11. The topological polar surface area (TPSA) is 64.4 Å². The van der Waals surface area contributed by atoms with Crippen molar-refractivity contribution in [2.45, 2.75) is 19.9 Å². The van der Waals surface area contributed by atoms with E-state index in [1.807, 2.05) is 5.38 Å². The number of nitrogens with one attached hydrogen (secondary N) is 1. The number of nitrogen functional groups attached to an aromatic ring is 1. The minimum absolute atomic E-state index is 0.213. The minimum Gasteiger partial charge on any atom is -0.496 e. The van der Waals surface area contributed by atoms with E-state index in [0.717, 1.165) is 6.42 Å². The van der Waals surface area contributed by atoms with Gasteiger partial charge in [0, 0.05) is 10.6 Å². The van der Waals surface area contributed by atoms with Crippen molar-refractivity contribution in [2.75, 3.05) is 12.8 Å². The Bertz CT molecular complexity index is 608. The van der Waals surface area contributed by atoms with Gasteiger partial charge in [-0.2, -0.15) is 0 Å². The Labute approximate surface area is 122 Å². The molecule has 0 saturated carbocycles. The molecule has 0 aliphatic carbocycles. The summed E-state index contributed by atoms with van der Waals surface area (Å²) in [5.41, 5.74) is 7.94. The molecule has 0 saturated heterocycles. The number of rotatable bonds is 5. The van der Waals surface area contributed by atoms with Gasteiger partial charge in [0.2, 0.25) is 0 Å². The van der Waals surface area contributed by atoms with Gasteiger partial charge < -0.3 is 15.8 Å². The third kappa shape index (κ3) is 2.93. The molecule has 1 amide bonds. The van der Waals surface area contributed by atoms with Crippen molar-refractivity contribution < 1.29 is 9.53 Å². The zero-order chi connectivity index (χ0) is 14.5. The summed E-state index contributed by atoms with van der Waals surface area (Å²) in [6, 6.07) is 7.27. The molecule has 0 radical (unpaired) electrons. The van der Waals surface area contributed by atoms with E-state index in [0.29, 0.717) is 23.5 Å². The molecule has 106 valence electrons. The van der Waals surface area contributed by atoms with Crippen molar-refractivity contribution in [3.8, 4) is 5.75 Å². The van der Waals surface area contributed by atoms with Crippen molar-refractivity contribution in [2.24, 2.45) is 0 Å². The van der Waals surface area contributed by atoms with E-state index in [1.165, 1.54) is 17.6 Å². The van der Waals surface area contributed by atoms with Gasteiger partial charge >= 0.3 is 0 Å². The van der Waals surface area contributed by atoms with Gasteiger partial charge in [-0.15, -0.1) is 11.3 Å². The SMILES string of the molecule is CCc1ccsc1CNC(=O)c1c(N)cccc1OC. The molecule has 0 spiro atoms. The standard InChI is InChI=1S/C15H18N2O2S/c1-3-10-7-8-20-13(10)9-17-15(18)14-11(16)5-4-6-12(14)19-2/h4-8H,3,9,16H2,1-2H3,(H,17,18). The van der Waals surface area contributed by atoms with Gasteiger partial charge in [0.1, 0.15) is 11.3 Å². The summed E-state index contributed by atoms with van der Waals surface area (Å²) in [5, 5.41) is 4.94. The molecule has 5 heteroatoms. The van der Waals surface area contributed by atoms with E-state index < -0.39 is 0 Å². The summed E-state index contributed by atoms with van der Waals surface area (Å²) in [6.07, 6.45) is 0.964. The van der Waals surface area contributed by atoms with Crippen molar-refractivity contribution in [3.63, 3.8) is 0 Å². The van der Waals surface area contributed by atoms with Crippen LogP contribution in [0.3, 0.4) is 0 Å². The number of hydrogen-bond donors (Lipinski definition) is 2. The maximum atomic E-state index is 12.3. The van der Waals surface area contributed by atoms with Crippen molar-refractivity contribution in [1.29, 1.82) is 0 Å². The summed E-state index contributed by atoms with van der Waals surface area (Å²) in [6.45, 7) is 2.61. The third-order valence-electron chi connectivity index (χ3n) is 3.13. The Morgan fingerprint density at radius 1 is 1.40 bits per heavy atom. The van der Waals surface area contributed by atoms with E-state index in [-0.39, 0.29) is 5.91 Å². The predicted octanol–water partition coefficient (Wildman–Crippen LogP) is 2.83. The second kappa shape index (κ2) is 6.43. The average Bonchev–Trinajstić information content (AvgIpc) is 2.91. The van der Waals surface area contributed by atoms with Crippen LogP contribution in [0.2, 0.25) is 0 Å². The highest BCUT2D eigenvalue weighted by Gasteiger charge is 2.15. The number of nitrogens with two attached hydrogens (primary N) is 1. The first-order chi connectivity index (χ1) is 9.67. The first-order valence-electron chi connectivity index (χ1n) is 6.43. The van der Waals surface area contributed by atoms with Crippen LogP contribution in [0, 0.1) is 0 Å². The number of carbonyl (C=O) groups is 1. The van der Waals surface area contributed by atoms with E-state index in [9.17, 15) is 4.79 Å². The number of amides is 1. The van der Waals surface area contributed by atoms with Crippen LogP contribution in [-0.4, -0.2) is 13.0 Å². The molecule has 0 atom stereocenters. The molecule has 20 heavy (non-hydrogen) atoms. The number of carbonyl (C=O) groups excluding carboxylic acids is 1. The highest BCUT2D eigenvalue weighted by atomic mass is 32.1. The van der Waals surface area contributed by atoms with Crippen LogP contribution < -0.4 is 15.8 Å². The molecular formula is C15H18N2O2S. The zero-order valence-electron chi connectivity index (χ0n) is 11.6. The predicted molar refractivity (Wildman–Crippen MR) is 82.3 cm³/mol. The Balaban J connectivity index is 2.13. The van der Waals surface area contributed by atoms with Gasteiger partial charge in [0.25, 0.3) is 5.91 Å². The summed E-state index contributed by atoms with van der Waals surface area (Å²) < 4.78 is 5.19. The lowest BCUT2D eigenvalue weighted by atomic mass is 10.1. The second-order valence-electron chi connectivity index (χ2n) is 4.33. The maximum absolute atomic E-state index is 12.3. The van der Waals surface area contributed by atoms with Crippen LogP contribution >= 0.6 is 11.3 Å². The van der Waals surface area contributed by atoms with Crippen molar-refractivity contribution >= 4 is 22.9 Å². The fraction of sp³-hybridized carbons (Fsp3) is 0.267. The molecule has 0 aliphatic heterocycles. The van der Waals surface area contributed by atoms with Crippen molar-refractivity contribution in [3.05, 3.63) is 45.6 Å². The average molecular weight is 290 g/mol. The number of aryl methyl sites for hydroxylation is 1. The normalized spacial score (nSPS) is 10.3. The highest BCUT2D eigenvalue weighted by Crippen LogP contribution is 2.24. The van der Waals surface area contributed by atoms with Crippen LogP contribution in [0.1, 0.15) is 27.7 Å². The number of benzene rings is 1. The summed E-state index contributed by atoms with van der Waals surface area (Å²) >= 11 is 1.65. The van der Waals surface area contributed by atoms with Gasteiger partial charge in [-0.05, 0) is 35.6 Å². The fourth-order valence-electron chi connectivity index (χ4n) is 2.05. The maximum Gasteiger partial charge on any atom is 0.257 e. The van der Waals surface area contributed by atoms with Gasteiger partial charge in [-0.25, -0.2) is 0 Å². The number of thiophene rings is 1. The molecule has 0 bridgehead atoms. The van der Waals surface area contributed by atoms with Crippen LogP contribution in [0.5, 0.6) is 5.75 Å². The lowest BCUT2D eigenvalue weighted by Crippen LogP contribution is -2.24. The monoisotopic (exact) mass is 290 g/mol. The van der Waals surface area contributed by atoms with Crippen molar-refractivity contribution in [1.82, 2.24) is 5.32 Å². The molecule has 1 heterocycles. The first-order valence-corrected chi connectivity index (χ1v) is 7.31. The van der Waals surface area contributed by atoms with Gasteiger partial charge in [0.05, 0.1) is 13.7 Å². The second-order valence-corrected chi connectivity index (χ2v) is 5.33. The third-order valence-corrected chi connectivity index (χ3v) is 4.10. The zero-order valence-corrected chi connectivity index (χ0v) is 12.4. The van der Waals surface area contributed by atoms with Gasteiger partial charge in [0.15, 0.2) is 0 Å². The largest absolute Gasteiger partial charge is 0.496 e. The number of hydrogen-bond acceptors (Lipinski definition) is 4. The smallest absolute Gasteiger partial charge is 0.257 e. The fourth-order valence-corrected chi connectivity index (χ4v) is 2.96. The number of anilines is 1. The van der Waals surface area contributed by atoms with Crippen LogP contribution in [0.15, 0.2) is 29.6 Å². The summed E-state index contributed by atoms with van der Waals surface area (Å²) in [7, 11) is 1.53. The molecule has 3 N–H and O–H groups in total. The summed E-state index contributed by atoms with van der Waals surface area (Å²) in [4.78, 5) is 13.4. The quantitative estimate of drug-likeness (QED) is 0.832. The molecular weight excluding hydrogens is 272 g/mol. The van der Waals surface area contributed by atoms with Crippen LogP contribution in [-0.2, 0) is 13.0 Å². The first kappa shape index (κ1) is 14.4. The van der Waals surface area contributed by atoms with E-state index in [2.05, 4.69) is 18.3 Å². The van der Waals surface area contributed by atoms with E-state index in [4.69, 9.17) is 10.5 Å². The van der Waals surface area contributed by atoms with Crippen LogP contribution in [0.4, 0.5) is 5.69 Å². The van der Waals surface area contributed by atoms with Crippen LogP contribution in [0.25, 0.3) is 0 Å². The molecule has 0 fully saturated rings. The van der Waals surface area contributed by atoms with E-state index in [1.54, 1.807) is 29.5 Å². The van der Waals surface area contributed by atoms with Gasteiger partial charge in [-0.1, -0.05) is 13.0 Å². The van der Waals surface area contributed by atoms with Gasteiger partial charge in [-0.3, -0.25) is 4.79 Å².